The molecule has 1 fully saturated rings. The van der Waals surface area contributed by atoms with Gasteiger partial charge in [0.2, 0.25) is 0 Å². The highest BCUT2D eigenvalue weighted by atomic mass is 16.3. The van der Waals surface area contributed by atoms with Gasteiger partial charge >= 0.3 is 0 Å². The van der Waals surface area contributed by atoms with E-state index >= 15 is 0 Å². The molecule has 0 aliphatic heterocycles. The fourth-order valence-corrected chi connectivity index (χ4v) is 3.26. The van der Waals surface area contributed by atoms with Crippen molar-refractivity contribution in [1.82, 2.24) is 5.43 Å². The van der Waals surface area contributed by atoms with E-state index in [1.165, 1.54) is 0 Å². The molecule has 0 saturated heterocycles. The Bertz CT molecular complexity index is 823. The summed E-state index contributed by atoms with van der Waals surface area (Å²) in [5.41, 5.74) is 3.88. The molecule has 2 aliphatic carbocycles. The molecule has 2 unspecified atom stereocenters. The van der Waals surface area contributed by atoms with Gasteiger partial charge in [-0.25, -0.2) is 5.43 Å². The van der Waals surface area contributed by atoms with Crippen molar-refractivity contribution in [2.45, 2.75) is 12.8 Å². The summed E-state index contributed by atoms with van der Waals surface area (Å²) in [7, 11) is 0. The number of fused-ring (bicyclic) bond motifs is 2. The van der Waals surface area contributed by atoms with Gasteiger partial charge in [-0.2, -0.15) is 5.10 Å². The number of hydrogen-bond donors (Lipinski definition) is 2. The number of phenolic OH excluding ortho intramolecular Hbond substituents is 1. The van der Waals surface area contributed by atoms with Crippen LogP contribution in [0.25, 0.3) is 10.8 Å². The summed E-state index contributed by atoms with van der Waals surface area (Å²) < 4.78 is 0. The predicted molar refractivity (Wildman–Crippen MR) is 85.9 cm³/mol. The molecule has 1 saturated carbocycles. The van der Waals surface area contributed by atoms with Gasteiger partial charge in [0.15, 0.2) is 0 Å². The highest BCUT2D eigenvalue weighted by molar-refractivity contribution is 6.02. The minimum absolute atomic E-state index is 0.0228. The molecule has 1 amide bonds. The average molecular weight is 292 g/mol. The Labute approximate surface area is 128 Å². The Kier molecular flexibility index (Phi) is 2.96. The molecule has 0 bridgehead atoms. The van der Waals surface area contributed by atoms with Crippen LogP contribution in [0.15, 0.2) is 53.7 Å². The van der Waals surface area contributed by atoms with Crippen LogP contribution < -0.4 is 5.43 Å². The second kappa shape index (κ2) is 4.98. The number of nitrogens with zero attached hydrogens (tertiary/aromatic N) is 1. The first kappa shape index (κ1) is 13.1. The Balaban J connectivity index is 1.55. The first-order valence-electron chi connectivity index (χ1n) is 7.47. The van der Waals surface area contributed by atoms with Crippen molar-refractivity contribution in [2.75, 3.05) is 0 Å². The van der Waals surface area contributed by atoms with Gasteiger partial charge in [-0.15, -0.1) is 0 Å². The zero-order valence-corrected chi connectivity index (χ0v) is 12.0. The number of rotatable bonds is 2. The van der Waals surface area contributed by atoms with Crippen molar-refractivity contribution < 1.29 is 9.90 Å². The predicted octanol–water partition coefficient (Wildman–Crippen LogP) is 3.23. The van der Waals surface area contributed by atoms with E-state index in [0.717, 1.165) is 29.3 Å². The van der Waals surface area contributed by atoms with Crippen molar-refractivity contribution in [1.29, 1.82) is 0 Å². The number of benzene rings is 2. The van der Waals surface area contributed by atoms with Gasteiger partial charge in [-0.05, 0) is 41.7 Å². The minimum Gasteiger partial charge on any atom is -0.507 e. The lowest BCUT2D eigenvalue weighted by Gasteiger charge is -2.31. The van der Waals surface area contributed by atoms with E-state index in [4.69, 9.17) is 0 Å². The summed E-state index contributed by atoms with van der Waals surface area (Å²) in [5, 5.41) is 16.1. The maximum absolute atomic E-state index is 12.3. The molecule has 0 radical (unpaired) electrons. The number of hydrogen-bond acceptors (Lipinski definition) is 3. The molecule has 2 N–H and O–H groups in total. The Hall–Kier alpha value is -2.62. The third-order valence-electron chi connectivity index (χ3n) is 4.57. The molecule has 4 heteroatoms. The van der Waals surface area contributed by atoms with E-state index in [1.54, 1.807) is 12.1 Å². The average Bonchev–Trinajstić information content (AvgIpc) is 2.88. The molecule has 110 valence electrons. The monoisotopic (exact) mass is 292 g/mol. The summed E-state index contributed by atoms with van der Waals surface area (Å²) in [4.78, 5) is 12.3. The Morgan fingerprint density at radius 2 is 2.00 bits per heavy atom. The number of carbonyl (C=O) groups is 1. The normalized spacial score (nSPS) is 24.3. The third-order valence-corrected chi connectivity index (χ3v) is 4.57. The molecule has 22 heavy (non-hydrogen) atoms. The third kappa shape index (κ3) is 2.08. The van der Waals surface area contributed by atoms with Crippen LogP contribution in [0.5, 0.6) is 5.75 Å². The first-order chi connectivity index (χ1) is 10.7. The number of phenols is 1. The number of aromatic hydroxyl groups is 1. The topological polar surface area (TPSA) is 61.7 Å². The largest absolute Gasteiger partial charge is 0.507 e. The smallest absolute Gasteiger partial charge is 0.275 e. The zero-order valence-electron chi connectivity index (χ0n) is 12.0. The maximum atomic E-state index is 12.3. The molecular weight excluding hydrogens is 276 g/mol. The molecule has 4 rings (SSSR count). The van der Waals surface area contributed by atoms with Crippen molar-refractivity contribution in [3.8, 4) is 5.75 Å². The summed E-state index contributed by atoms with van der Waals surface area (Å²) in [5.74, 6) is 0.672. The standard InChI is InChI=1S/C18H16N2O2/c21-17-10-12-5-2-1-4-11(12)8-15(17)18(22)20-19-16-9-13-6-3-7-14(13)16/h1-6,8,10,13-14,21H,7,9H2,(H,20,22)/b19-16-. The lowest BCUT2D eigenvalue weighted by atomic mass is 9.74. The van der Waals surface area contributed by atoms with Crippen molar-refractivity contribution in [3.05, 3.63) is 54.1 Å². The molecule has 0 aromatic heterocycles. The fraction of sp³-hybridized carbons (Fsp3) is 0.222. The van der Waals surface area contributed by atoms with E-state index in [2.05, 4.69) is 22.7 Å². The first-order valence-corrected chi connectivity index (χ1v) is 7.47. The van der Waals surface area contributed by atoms with Crippen LogP contribution in [0.2, 0.25) is 0 Å². The molecule has 0 spiro atoms. The highest BCUT2D eigenvalue weighted by Gasteiger charge is 2.38. The van der Waals surface area contributed by atoms with Gasteiger partial charge in [0.05, 0.1) is 5.56 Å². The molecule has 2 atom stereocenters. The van der Waals surface area contributed by atoms with Crippen LogP contribution in [0, 0.1) is 11.8 Å². The summed E-state index contributed by atoms with van der Waals surface area (Å²) in [6.07, 6.45) is 6.33. The molecule has 2 aromatic carbocycles. The number of carbonyl (C=O) groups excluding carboxylic acids is 1. The van der Waals surface area contributed by atoms with E-state index in [-0.39, 0.29) is 17.2 Å². The van der Waals surface area contributed by atoms with Gasteiger partial charge < -0.3 is 5.11 Å². The minimum atomic E-state index is -0.370. The second-order valence-electron chi connectivity index (χ2n) is 5.90. The SMILES string of the molecule is O=C(N/N=C1/CC2C=CCC12)c1cc2ccccc2cc1O. The fourth-order valence-electron chi connectivity index (χ4n) is 3.26. The van der Waals surface area contributed by atoms with E-state index in [0.29, 0.717) is 11.8 Å². The van der Waals surface area contributed by atoms with Gasteiger partial charge in [0.25, 0.3) is 5.91 Å². The van der Waals surface area contributed by atoms with Crippen molar-refractivity contribution in [3.63, 3.8) is 0 Å². The van der Waals surface area contributed by atoms with E-state index in [1.807, 2.05) is 24.3 Å². The lowest BCUT2D eigenvalue weighted by molar-refractivity contribution is 0.0951. The quantitative estimate of drug-likeness (QED) is 0.659. The van der Waals surface area contributed by atoms with Gasteiger partial charge in [-0.1, -0.05) is 36.4 Å². The van der Waals surface area contributed by atoms with Crippen LogP contribution in [0.1, 0.15) is 23.2 Å². The van der Waals surface area contributed by atoms with Crippen molar-refractivity contribution in [2.24, 2.45) is 16.9 Å². The number of amides is 1. The van der Waals surface area contributed by atoms with Crippen LogP contribution in [0.3, 0.4) is 0 Å². The molecule has 2 aromatic rings. The Morgan fingerprint density at radius 3 is 2.77 bits per heavy atom. The van der Waals surface area contributed by atoms with Gasteiger partial charge in [0, 0.05) is 11.6 Å². The molecule has 4 nitrogen and oxygen atoms in total. The second-order valence-corrected chi connectivity index (χ2v) is 5.90. The van der Waals surface area contributed by atoms with Crippen LogP contribution >= 0.6 is 0 Å². The van der Waals surface area contributed by atoms with Crippen LogP contribution in [-0.4, -0.2) is 16.7 Å². The number of allylic oxidation sites excluding steroid dienone is 2. The van der Waals surface area contributed by atoms with Crippen LogP contribution in [0.4, 0.5) is 0 Å². The van der Waals surface area contributed by atoms with Gasteiger partial charge in [0.1, 0.15) is 5.75 Å². The number of nitrogens with one attached hydrogen (secondary N) is 1. The summed E-state index contributed by atoms with van der Waals surface area (Å²) >= 11 is 0. The molecular formula is C18H16N2O2. The zero-order chi connectivity index (χ0) is 15.1. The molecule has 0 heterocycles. The lowest BCUT2D eigenvalue weighted by Crippen LogP contribution is -2.35. The van der Waals surface area contributed by atoms with E-state index < -0.39 is 0 Å². The van der Waals surface area contributed by atoms with E-state index in [9.17, 15) is 9.90 Å². The van der Waals surface area contributed by atoms with Crippen molar-refractivity contribution >= 4 is 22.4 Å². The maximum Gasteiger partial charge on any atom is 0.275 e. The van der Waals surface area contributed by atoms with Gasteiger partial charge in [-0.3, -0.25) is 4.79 Å². The molecule has 2 aliphatic rings. The summed E-state index contributed by atoms with van der Waals surface area (Å²) in [6.45, 7) is 0. The summed E-state index contributed by atoms with van der Waals surface area (Å²) in [6, 6.07) is 10.9. The number of hydrazone groups is 1. The van der Waals surface area contributed by atoms with Crippen LogP contribution in [-0.2, 0) is 0 Å². The Morgan fingerprint density at radius 1 is 1.23 bits per heavy atom. The highest BCUT2D eigenvalue weighted by Crippen LogP contribution is 2.40.